The van der Waals surface area contributed by atoms with Crippen LogP contribution < -0.4 is 15.4 Å². The molecule has 2 aromatic carbocycles. The van der Waals surface area contributed by atoms with E-state index < -0.39 is 6.43 Å². The number of benzene rings is 2. The van der Waals surface area contributed by atoms with Gasteiger partial charge in [0.1, 0.15) is 16.4 Å². The second kappa shape index (κ2) is 13.1. The molecule has 3 heterocycles. The minimum atomic E-state index is -2.58. The molecule has 0 unspecified atom stereocenters. The first-order valence-corrected chi connectivity index (χ1v) is 12.1. The molecule has 0 saturated carbocycles. The Morgan fingerprint density at radius 3 is 2.51 bits per heavy atom. The van der Waals surface area contributed by atoms with E-state index in [1.807, 2.05) is 36.4 Å². The van der Waals surface area contributed by atoms with Crippen LogP contribution in [0.15, 0.2) is 53.5 Å². The summed E-state index contributed by atoms with van der Waals surface area (Å²) in [6, 6.07) is 15.7. The van der Waals surface area contributed by atoms with Gasteiger partial charge in [0.2, 0.25) is 0 Å². The van der Waals surface area contributed by atoms with Crippen molar-refractivity contribution in [1.29, 1.82) is 0 Å². The number of amidine groups is 1. The lowest BCUT2D eigenvalue weighted by atomic mass is 10.2. The SMILES string of the molecule is CCc1cccc(OC)c1.CF.FC(F)c1nc2c(s1)Nc1ccccc1N=C2N1CCNCC1. The number of thiazole rings is 1. The van der Waals surface area contributed by atoms with Gasteiger partial charge in [-0.3, -0.25) is 4.39 Å². The van der Waals surface area contributed by atoms with Gasteiger partial charge in [-0.05, 0) is 36.2 Å². The standard InChI is InChI=1S/C15H15F2N5S.C9H12O.CH3F/c16-12(17)15-21-11-13(22-7-5-18-6-8-22)19-9-3-1-2-4-10(9)20-14(11)23-15;1-3-8-5-4-6-9(7-8)10-2;1-2/h1-4,12,18,20H,5-8H2;4-7H,3H2,1-2H3;1H3. The summed E-state index contributed by atoms with van der Waals surface area (Å²) < 4.78 is 40.7. The lowest BCUT2D eigenvalue weighted by molar-refractivity contribution is 0.151. The Balaban J connectivity index is 0.000000240. The monoisotopic (exact) mass is 505 g/mol. The smallest absolute Gasteiger partial charge is 0.289 e. The fourth-order valence-electron chi connectivity index (χ4n) is 3.62. The molecular formula is C25H30F3N5OS. The van der Waals surface area contributed by atoms with E-state index in [9.17, 15) is 13.2 Å². The van der Waals surface area contributed by atoms with E-state index in [1.165, 1.54) is 5.56 Å². The zero-order valence-electron chi connectivity index (χ0n) is 20.0. The fourth-order valence-corrected chi connectivity index (χ4v) is 4.45. The molecule has 1 saturated heterocycles. The normalized spacial score (nSPS) is 14.1. The minimum Gasteiger partial charge on any atom is -0.497 e. The predicted octanol–water partition coefficient (Wildman–Crippen LogP) is 5.96. The number of aliphatic imine (C=N–C) groups is 1. The first kappa shape index (κ1) is 26.5. The Morgan fingerprint density at radius 2 is 1.83 bits per heavy atom. The van der Waals surface area contributed by atoms with Crippen LogP contribution in [0.3, 0.4) is 0 Å². The maximum Gasteiger partial charge on any atom is 0.289 e. The average Bonchev–Trinajstić information content (AvgIpc) is 3.27. The molecular weight excluding hydrogens is 475 g/mol. The molecule has 0 atom stereocenters. The van der Waals surface area contributed by atoms with E-state index >= 15 is 0 Å². The summed E-state index contributed by atoms with van der Waals surface area (Å²) in [7, 11) is 2.19. The summed E-state index contributed by atoms with van der Waals surface area (Å²) in [6.45, 7) is 5.38. The van der Waals surface area contributed by atoms with Crippen LogP contribution in [-0.2, 0) is 6.42 Å². The van der Waals surface area contributed by atoms with E-state index in [0.29, 0.717) is 23.7 Å². The van der Waals surface area contributed by atoms with Crippen LogP contribution in [0, 0.1) is 0 Å². The third-order valence-electron chi connectivity index (χ3n) is 5.38. The van der Waals surface area contributed by atoms with Crippen molar-refractivity contribution in [2.24, 2.45) is 4.99 Å². The van der Waals surface area contributed by atoms with E-state index in [4.69, 9.17) is 9.73 Å². The number of hydrogen-bond donors (Lipinski definition) is 2. The Bertz CT molecular complexity index is 1100. The number of methoxy groups -OCH3 is 1. The van der Waals surface area contributed by atoms with Gasteiger partial charge in [-0.25, -0.2) is 18.8 Å². The molecule has 188 valence electrons. The number of nitrogens with one attached hydrogen (secondary N) is 2. The van der Waals surface area contributed by atoms with Crippen LogP contribution in [-0.4, -0.2) is 56.2 Å². The van der Waals surface area contributed by atoms with Crippen LogP contribution in [0.1, 0.15) is 29.6 Å². The molecule has 2 aliphatic heterocycles. The molecule has 0 aliphatic carbocycles. The van der Waals surface area contributed by atoms with Gasteiger partial charge in [0.05, 0.1) is 25.7 Å². The number of anilines is 2. The molecule has 5 rings (SSSR count). The van der Waals surface area contributed by atoms with Gasteiger partial charge in [-0.2, -0.15) is 0 Å². The van der Waals surface area contributed by atoms with E-state index in [1.54, 1.807) is 7.11 Å². The summed E-state index contributed by atoms with van der Waals surface area (Å²) in [5.41, 5.74) is 3.44. The minimum absolute atomic E-state index is 0.176. The van der Waals surface area contributed by atoms with Gasteiger partial charge in [0.15, 0.2) is 10.8 Å². The van der Waals surface area contributed by atoms with Crippen molar-refractivity contribution in [1.82, 2.24) is 15.2 Å². The van der Waals surface area contributed by atoms with Crippen LogP contribution in [0.25, 0.3) is 0 Å². The van der Waals surface area contributed by atoms with Gasteiger partial charge >= 0.3 is 0 Å². The second-order valence-electron chi connectivity index (χ2n) is 7.55. The van der Waals surface area contributed by atoms with Crippen molar-refractivity contribution in [3.8, 4) is 5.75 Å². The second-order valence-corrected chi connectivity index (χ2v) is 8.58. The quantitative estimate of drug-likeness (QED) is 0.460. The summed E-state index contributed by atoms with van der Waals surface area (Å²) >= 11 is 0.993. The number of aromatic nitrogens is 1. The van der Waals surface area contributed by atoms with Crippen molar-refractivity contribution in [3.63, 3.8) is 0 Å². The number of hydrogen-bond acceptors (Lipinski definition) is 7. The Kier molecular flexibility index (Phi) is 9.92. The number of alkyl halides is 3. The number of fused-ring (bicyclic) bond motifs is 2. The molecule has 1 fully saturated rings. The highest BCUT2D eigenvalue weighted by molar-refractivity contribution is 7.16. The van der Waals surface area contributed by atoms with Crippen molar-refractivity contribution in [3.05, 3.63) is 64.8 Å². The number of ether oxygens (including phenoxy) is 1. The fraction of sp³-hybridized carbons (Fsp3) is 0.360. The van der Waals surface area contributed by atoms with Gasteiger partial charge in [0, 0.05) is 26.2 Å². The van der Waals surface area contributed by atoms with Crippen LogP contribution >= 0.6 is 11.3 Å². The zero-order chi connectivity index (χ0) is 25.2. The van der Waals surface area contributed by atoms with E-state index in [-0.39, 0.29) is 5.01 Å². The number of piperazine rings is 1. The first-order valence-electron chi connectivity index (χ1n) is 11.3. The molecule has 10 heteroatoms. The highest BCUT2D eigenvalue weighted by Crippen LogP contribution is 2.39. The zero-order valence-corrected chi connectivity index (χ0v) is 20.8. The summed E-state index contributed by atoms with van der Waals surface area (Å²) in [6.07, 6.45) is -1.51. The molecule has 3 aromatic rings. The highest BCUT2D eigenvalue weighted by Gasteiger charge is 2.28. The number of aryl methyl sites for hydroxylation is 1. The third kappa shape index (κ3) is 6.73. The molecule has 0 amide bonds. The molecule has 0 bridgehead atoms. The van der Waals surface area contributed by atoms with E-state index in [0.717, 1.165) is 61.1 Å². The molecule has 0 spiro atoms. The van der Waals surface area contributed by atoms with Gasteiger partial charge in [-0.1, -0.05) is 42.5 Å². The number of para-hydroxylation sites is 2. The Morgan fingerprint density at radius 1 is 1.09 bits per heavy atom. The molecule has 35 heavy (non-hydrogen) atoms. The largest absolute Gasteiger partial charge is 0.497 e. The summed E-state index contributed by atoms with van der Waals surface area (Å²) in [5, 5.41) is 6.95. The lowest BCUT2D eigenvalue weighted by Gasteiger charge is -2.29. The molecule has 1 aromatic heterocycles. The number of halogens is 3. The summed E-state index contributed by atoms with van der Waals surface area (Å²) in [4.78, 5) is 11.0. The lowest BCUT2D eigenvalue weighted by Crippen LogP contribution is -2.46. The molecule has 0 radical (unpaired) electrons. The first-order chi connectivity index (χ1) is 17.1. The van der Waals surface area contributed by atoms with Crippen LogP contribution in [0.4, 0.5) is 29.5 Å². The molecule has 6 nitrogen and oxygen atoms in total. The summed E-state index contributed by atoms with van der Waals surface area (Å²) in [5.74, 6) is 1.61. The van der Waals surface area contributed by atoms with Crippen molar-refractivity contribution in [2.45, 2.75) is 19.8 Å². The average molecular weight is 506 g/mol. The number of rotatable bonds is 3. The Labute approximate surface area is 207 Å². The van der Waals surface area contributed by atoms with Gasteiger partial charge in [-0.15, -0.1) is 0 Å². The van der Waals surface area contributed by atoms with Crippen molar-refractivity contribution >= 4 is 33.5 Å². The van der Waals surface area contributed by atoms with Gasteiger partial charge < -0.3 is 20.3 Å². The van der Waals surface area contributed by atoms with Crippen molar-refractivity contribution in [2.75, 3.05) is 45.8 Å². The maximum absolute atomic E-state index is 13.1. The van der Waals surface area contributed by atoms with Crippen LogP contribution in [0.5, 0.6) is 5.75 Å². The molecule has 2 N–H and O–H groups in total. The highest BCUT2D eigenvalue weighted by atomic mass is 32.1. The number of nitrogens with zero attached hydrogens (tertiary/aromatic N) is 3. The van der Waals surface area contributed by atoms with Crippen molar-refractivity contribution < 1.29 is 17.9 Å². The molecule has 2 aliphatic rings. The van der Waals surface area contributed by atoms with Crippen LogP contribution in [0.2, 0.25) is 0 Å². The topological polar surface area (TPSA) is 61.8 Å². The Hall–Kier alpha value is -3.11. The predicted molar refractivity (Wildman–Crippen MR) is 137 cm³/mol. The van der Waals surface area contributed by atoms with Gasteiger partial charge in [0.25, 0.3) is 6.43 Å². The van der Waals surface area contributed by atoms with E-state index in [2.05, 4.69) is 39.6 Å². The third-order valence-corrected chi connectivity index (χ3v) is 6.36. The maximum atomic E-state index is 13.1.